The van der Waals surface area contributed by atoms with Crippen molar-refractivity contribution < 1.29 is 9.47 Å². The summed E-state index contributed by atoms with van der Waals surface area (Å²) in [7, 11) is 0. The third kappa shape index (κ3) is 1.56. The van der Waals surface area contributed by atoms with Crippen LogP contribution in [0.3, 0.4) is 0 Å². The SMILES string of the molecule is O=c1c2ccccc2ncn1-c1ccc2c(c1)OCO2. The van der Waals surface area contributed by atoms with E-state index in [4.69, 9.17) is 9.47 Å². The number of nitrogens with zero attached hydrogens (tertiary/aromatic N) is 2. The zero-order chi connectivity index (χ0) is 13.5. The molecule has 20 heavy (non-hydrogen) atoms. The second-order valence-corrected chi connectivity index (χ2v) is 4.47. The first kappa shape index (κ1) is 11.0. The number of ether oxygens (including phenoxy) is 2. The van der Waals surface area contributed by atoms with Gasteiger partial charge < -0.3 is 9.47 Å². The van der Waals surface area contributed by atoms with Crippen molar-refractivity contribution in [3.63, 3.8) is 0 Å². The topological polar surface area (TPSA) is 53.4 Å². The summed E-state index contributed by atoms with van der Waals surface area (Å²) < 4.78 is 12.1. The molecule has 0 amide bonds. The van der Waals surface area contributed by atoms with Crippen molar-refractivity contribution in [2.24, 2.45) is 0 Å². The van der Waals surface area contributed by atoms with Crippen molar-refractivity contribution in [1.82, 2.24) is 9.55 Å². The van der Waals surface area contributed by atoms with E-state index in [-0.39, 0.29) is 12.4 Å². The fourth-order valence-corrected chi connectivity index (χ4v) is 2.29. The third-order valence-corrected chi connectivity index (χ3v) is 3.30. The minimum atomic E-state index is -0.102. The molecule has 5 nitrogen and oxygen atoms in total. The monoisotopic (exact) mass is 266 g/mol. The van der Waals surface area contributed by atoms with Gasteiger partial charge in [0.15, 0.2) is 11.5 Å². The van der Waals surface area contributed by atoms with Crippen molar-refractivity contribution >= 4 is 10.9 Å². The highest BCUT2D eigenvalue weighted by Crippen LogP contribution is 2.33. The van der Waals surface area contributed by atoms with Crippen LogP contribution in [0.15, 0.2) is 53.6 Å². The molecule has 0 bridgehead atoms. The minimum Gasteiger partial charge on any atom is -0.454 e. The average Bonchev–Trinajstić information content (AvgIpc) is 2.95. The summed E-state index contributed by atoms with van der Waals surface area (Å²) in [5, 5.41) is 0.590. The summed E-state index contributed by atoms with van der Waals surface area (Å²) >= 11 is 0. The van der Waals surface area contributed by atoms with Gasteiger partial charge in [0.2, 0.25) is 6.79 Å². The van der Waals surface area contributed by atoms with E-state index in [0.29, 0.717) is 28.1 Å². The lowest BCUT2D eigenvalue weighted by Crippen LogP contribution is -2.18. The molecule has 0 radical (unpaired) electrons. The van der Waals surface area contributed by atoms with Crippen LogP contribution in [0.5, 0.6) is 11.5 Å². The molecule has 0 atom stereocenters. The Bertz CT molecular complexity index is 870. The highest BCUT2D eigenvalue weighted by molar-refractivity contribution is 5.77. The van der Waals surface area contributed by atoms with Gasteiger partial charge in [0.25, 0.3) is 5.56 Å². The minimum absolute atomic E-state index is 0.102. The summed E-state index contributed by atoms with van der Waals surface area (Å²) in [5.41, 5.74) is 1.29. The molecule has 0 N–H and O–H groups in total. The Morgan fingerprint density at radius 1 is 1.05 bits per heavy atom. The number of para-hydroxylation sites is 1. The second-order valence-electron chi connectivity index (χ2n) is 4.47. The van der Waals surface area contributed by atoms with Gasteiger partial charge in [0.1, 0.15) is 6.33 Å². The predicted octanol–water partition coefficient (Wildman–Crippen LogP) is 2.11. The highest BCUT2D eigenvalue weighted by Gasteiger charge is 2.14. The van der Waals surface area contributed by atoms with Crippen molar-refractivity contribution in [2.75, 3.05) is 6.79 Å². The molecule has 1 aromatic heterocycles. The van der Waals surface area contributed by atoms with Gasteiger partial charge in [-0.3, -0.25) is 9.36 Å². The van der Waals surface area contributed by atoms with Crippen LogP contribution < -0.4 is 15.0 Å². The maximum absolute atomic E-state index is 12.5. The Kier molecular flexibility index (Phi) is 2.26. The van der Waals surface area contributed by atoms with Crippen LogP contribution in [0, 0.1) is 0 Å². The van der Waals surface area contributed by atoms with Crippen molar-refractivity contribution in [3.05, 3.63) is 59.1 Å². The largest absolute Gasteiger partial charge is 0.454 e. The Labute approximate surface area is 114 Å². The van der Waals surface area contributed by atoms with E-state index in [1.165, 1.54) is 10.9 Å². The molecule has 0 spiro atoms. The van der Waals surface area contributed by atoms with E-state index >= 15 is 0 Å². The first-order valence-electron chi connectivity index (χ1n) is 6.19. The van der Waals surface area contributed by atoms with Crippen LogP contribution in [-0.4, -0.2) is 16.3 Å². The molecular weight excluding hydrogens is 256 g/mol. The number of rotatable bonds is 1. The molecule has 1 aliphatic heterocycles. The quantitative estimate of drug-likeness (QED) is 0.677. The molecule has 0 aliphatic carbocycles. The Hall–Kier alpha value is -2.82. The predicted molar refractivity (Wildman–Crippen MR) is 73.5 cm³/mol. The molecule has 0 unspecified atom stereocenters. The molecule has 2 aromatic carbocycles. The smallest absolute Gasteiger partial charge is 0.265 e. The molecule has 98 valence electrons. The maximum atomic E-state index is 12.5. The van der Waals surface area contributed by atoms with Crippen LogP contribution in [0.2, 0.25) is 0 Å². The van der Waals surface area contributed by atoms with E-state index in [2.05, 4.69) is 4.98 Å². The van der Waals surface area contributed by atoms with Gasteiger partial charge in [-0.15, -0.1) is 0 Å². The molecule has 0 saturated heterocycles. The van der Waals surface area contributed by atoms with Crippen LogP contribution in [0.1, 0.15) is 0 Å². The van der Waals surface area contributed by atoms with E-state index in [1.54, 1.807) is 18.2 Å². The number of hydrogen-bond acceptors (Lipinski definition) is 4. The fraction of sp³-hybridized carbons (Fsp3) is 0.0667. The summed E-state index contributed by atoms with van der Waals surface area (Å²) in [6, 6.07) is 12.7. The van der Waals surface area contributed by atoms with Gasteiger partial charge in [0.05, 0.1) is 16.6 Å². The van der Waals surface area contributed by atoms with Gasteiger partial charge in [-0.2, -0.15) is 0 Å². The summed E-state index contributed by atoms with van der Waals surface area (Å²) in [6.45, 7) is 0.212. The molecule has 0 fully saturated rings. The van der Waals surface area contributed by atoms with Crippen molar-refractivity contribution in [1.29, 1.82) is 0 Å². The van der Waals surface area contributed by atoms with Gasteiger partial charge in [0, 0.05) is 6.07 Å². The van der Waals surface area contributed by atoms with Crippen LogP contribution >= 0.6 is 0 Å². The van der Waals surface area contributed by atoms with E-state index in [0.717, 1.165) is 0 Å². The summed E-state index contributed by atoms with van der Waals surface area (Å²) in [6.07, 6.45) is 1.53. The van der Waals surface area contributed by atoms with E-state index < -0.39 is 0 Å². The van der Waals surface area contributed by atoms with Crippen LogP contribution in [-0.2, 0) is 0 Å². The summed E-state index contributed by atoms with van der Waals surface area (Å²) in [5.74, 6) is 1.33. The van der Waals surface area contributed by atoms with Crippen LogP contribution in [0.25, 0.3) is 16.6 Å². The molecule has 4 rings (SSSR count). The zero-order valence-electron chi connectivity index (χ0n) is 10.4. The number of aromatic nitrogens is 2. The standard InChI is InChI=1S/C15H10N2O3/c18-15-11-3-1-2-4-12(11)16-8-17(15)10-5-6-13-14(7-10)20-9-19-13/h1-8H,9H2. The lowest BCUT2D eigenvalue weighted by atomic mass is 10.2. The van der Waals surface area contributed by atoms with Crippen molar-refractivity contribution in [2.45, 2.75) is 0 Å². The lowest BCUT2D eigenvalue weighted by molar-refractivity contribution is 0.174. The highest BCUT2D eigenvalue weighted by atomic mass is 16.7. The van der Waals surface area contributed by atoms with Crippen molar-refractivity contribution in [3.8, 4) is 17.2 Å². The molecule has 1 aliphatic rings. The Morgan fingerprint density at radius 3 is 2.85 bits per heavy atom. The van der Waals surface area contributed by atoms with Gasteiger partial charge in [-0.05, 0) is 24.3 Å². The van der Waals surface area contributed by atoms with Crippen LogP contribution in [0.4, 0.5) is 0 Å². The third-order valence-electron chi connectivity index (χ3n) is 3.30. The van der Waals surface area contributed by atoms with Gasteiger partial charge >= 0.3 is 0 Å². The second kappa shape index (κ2) is 4.09. The molecule has 3 aromatic rings. The van der Waals surface area contributed by atoms with Gasteiger partial charge in [-0.25, -0.2) is 4.98 Å². The number of hydrogen-bond donors (Lipinski definition) is 0. The van der Waals surface area contributed by atoms with E-state index in [9.17, 15) is 4.79 Å². The normalized spacial score (nSPS) is 12.8. The fourth-order valence-electron chi connectivity index (χ4n) is 2.29. The van der Waals surface area contributed by atoms with Gasteiger partial charge in [-0.1, -0.05) is 12.1 Å². The molecular formula is C15H10N2O3. The number of benzene rings is 2. The Morgan fingerprint density at radius 2 is 1.90 bits per heavy atom. The number of fused-ring (bicyclic) bond motifs is 2. The molecule has 5 heteroatoms. The average molecular weight is 266 g/mol. The molecule has 2 heterocycles. The maximum Gasteiger partial charge on any atom is 0.265 e. The zero-order valence-corrected chi connectivity index (χ0v) is 10.4. The summed E-state index contributed by atoms with van der Waals surface area (Å²) in [4.78, 5) is 16.8. The lowest BCUT2D eigenvalue weighted by Gasteiger charge is -2.07. The first-order chi connectivity index (χ1) is 9.83. The molecule has 0 saturated carbocycles. The first-order valence-corrected chi connectivity index (χ1v) is 6.19. The van der Waals surface area contributed by atoms with E-state index in [1.807, 2.05) is 24.3 Å². The Balaban J connectivity index is 1.94.